The molecular weight excluding hydrogens is 426 g/mol. The largest absolute Gasteiger partial charge is 0.522 e. The molecule has 0 aromatic carbocycles. The van der Waals surface area contributed by atoms with Crippen LogP contribution in [0.15, 0.2) is 24.3 Å². The van der Waals surface area contributed by atoms with Gasteiger partial charge in [-0.3, -0.25) is 9.47 Å². The highest BCUT2D eigenvalue weighted by Gasteiger charge is 2.31. The third kappa shape index (κ3) is 20.3. The summed E-state index contributed by atoms with van der Waals surface area (Å²) in [6.45, 7) is 4.50. The highest BCUT2D eigenvalue weighted by Crippen LogP contribution is 2.19. The van der Waals surface area contributed by atoms with Crippen molar-refractivity contribution in [2.45, 2.75) is 12.7 Å². The molecule has 0 atom stereocenters. The fourth-order valence-electron chi connectivity index (χ4n) is 0.445. The lowest BCUT2D eigenvalue weighted by atomic mass is 10.3. The lowest BCUT2D eigenvalue weighted by Crippen LogP contribution is -2.20. The van der Waals surface area contributed by atoms with Crippen molar-refractivity contribution in [3.05, 3.63) is 24.3 Å². The lowest BCUT2D eigenvalue weighted by molar-refractivity contribution is -0.328. The molecule has 0 aromatic heterocycles. The Bertz CT molecular complexity index is 275. The normalized spacial score (nSPS) is 11.6. The Hall–Kier alpha value is -0.0600. The van der Waals surface area contributed by atoms with Crippen molar-refractivity contribution in [3.8, 4) is 0 Å². The average Bonchev–Trinajstić information content (AvgIpc) is 2.31. The highest BCUT2D eigenvalue weighted by atomic mass is 79.9. The molecule has 0 saturated carbocycles. The zero-order valence-corrected chi connectivity index (χ0v) is 13.3. The molecular formula is C10H12Br2F6O2. The Kier molecular flexibility index (Phi) is 11.8. The van der Waals surface area contributed by atoms with Gasteiger partial charge in [-0.05, 0) is 5.57 Å². The van der Waals surface area contributed by atoms with Crippen LogP contribution in [0.1, 0.15) is 0 Å². The van der Waals surface area contributed by atoms with E-state index in [0.29, 0.717) is 0 Å². The van der Waals surface area contributed by atoms with Gasteiger partial charge in [0.2, 0.25) is 0 Å². The predicted molar refractivity (Wildman–Crippen MR) is 69.9 cm³/mol. The van der Waals surface area contributed by atoms with E-state index < -0.39 is 31.5 Å². The molecule has 2 nitrogen and oxygen atoms in total. The first-order valence-electron chi connectivity index (χ1n) is 4.78. The summed E-state index contributed by atoms with van der Waals surface area (Å²) in [7, 11) is 0. The standard InChI is InChI=1S/C6H6F6O2.C4H6Br2/c1-4(2-13-5(7,8)9)3-14-6(10,11)12;1-4(2-5)3-6/h1-3H2;1-3H2. The van der Waals surface area contributed by atoms with E-state index in [0.717, 1.165) is 10.7 Å². The van der Waals surface area contributed by atoms with Crippen LogP contribution in [0.3, 0.4) is 0 Å². The van der Waals surface area contributed by atoms with Crippen LogP contribution in [0, 0.1) is 0 Å². The van der Waals surface area contributed by atoms with E-state index in [1.54, 1.807) is 0 Å². The van der Waals surface area contributed by atoms with E-state index in [4.69, 9.17) is 0 Å². The second-order valence-electron chi connectivity index (χ2n) is 3.24. The molecule has 0 radical (unpaired) electrons. The van der Waals surface area contributed by atoms with Crippen molar-refractivity contribution < 1.29 is 35.8 Å². The number of halogens is 8. The summed E-state index contributed by atoms with van der Waals surface area (Å²) in [6, 6.07) is 0. The van der Waals surface area contributed by atoms with E-state index in [-0.39, 0.29) is 0 Å². The van der Waals surface area contributed by atoms with Gasteiger partial charge in [0.05, 0.1) is 13.2 Å². The van der Waals surface area contributed by atoms with Crippen LogP contribution in [0.2, 0.25) is 0 Å². The number of hydrogen-bond donors (Lipinski definition) is 0. The second-order valence-corrected chi connectivity index (χ2v) is 4.36. The molecule has 0 fully saturated rings. The molecule has 0 amide bonds. The van der Waals surface area contributed by atoms with Gasteiger partial charge in [-0.1, -0.05) is 50.6 Å². The maximum absolute atomic E-state index is 11.4. The summed E-state index contributed by atoms with van der Waals surface area (Å²) < 4.78 is 74.6. The summed E-state index contributed by atoms with van der Waals surface area (Å²) in [6.07, 6.45) is -9.78. The molecule has 0 bridgehead atoms. The molecule has 0 spiro atoms. The van der Waals surface area contributed by atoms with E-state index >= 15 is 0 Å². The Balaban J connectivity index is 0. The number of hydrogen-bond acceptors (Lipinski definition) is 2. The number of alkyl halides is 8. The first-order valence-corrected chi connectivity index (χ1v) is 7.02. The third-order valence-corrected chi connectivity index (χ3v) is 2.84. The molecule has 0 saturated heterocycles. The van der Waals surface area contributed by atoms with Gasteiger partial charge in [0.25, 0.3) is 0 Å². The van der Waals surface area contributed by atoms with Crippen LogP contribution in [0.5, 0.6) is 0 Å². The minimum Gasteiger partial charge on any atom is -0.287 e. The molecule has 0 rings (SSSR count). The van der Waals surface area contributed by atoms with Crippen LogP contribution in [0.4, 0.5) is 26.3 Å². The molecule has 0 aliphatic heterocycles. The second kappa shape index (κ2) is 10.6. The number of rotatable bonds is 6. The smallest absolute Gasteiger partial charge is 0.287 e. The summed E-state index contributed by atoms with van der Waals surface area (Å²) in [5, 5.41) is 1.80. The van der Waals surface area contributed by atoms with Gasteiger partial charge in [-0.25, -0.2) is 0 Å². The Morgan fingerprint density at radius 3 is 1.20 bits per heavy atom. The molecule has 120 valence electrons. The molecule has 0 unspecified atom stereocenters. The van der Waals surface area contributed by atoms with Crippen molar-refractivity contribution in [2.24, 2.45) is 0 Å². The van der Waals surface area contributed by atoms with E-state index in [1.807, 2.05) is 0 Å². The van der Waals surface area contributed by atoms with Crippen LogP contribution in [-0.2, 0) is 9.47 Å². The SMILES string of the molecule is C=C(CBr)CBr.C=C(COC(F)(F)F)COC(F)(F)F. The van der Waals surface area contributed by atoms with Crippen LogP contribution >= 0.6 is 31.9 Å². The Morgan fingerprint density at radius 1 is 0.750 bits per heavy atom. The molecule has 0 heterocycles. The maximum Gasteiger partial charge on any atom is 0.522 e. The van der Waals surface area contributed by atoms with Crippen LogP contribution in [-0.4, -0.2) is 36.6 Å². The molecule has 0 aliphatic carbocycles. The van der Waals surface area contributed by atoms with Gasteiger partial charge >= 0.3 is 12.7 Å². The van der Waals surface area contributed by atoms with Gasteiger partial charge in [0.1, 0.15) is 0 Å². The van der Waals surface area contributed by atoms with E-state index in [2.05, 4.69) is 54.5 Å². The van der Waals surface area contributed by atoms with Crippen LogP contribution in [0.25, 0.3) is 0 Å². The molecule has 10 heteroatoms. The summed E-state index contributed by atoms with van der Waals surface area (Å²) in [4.78, 5) is 0. The van der Waals surface area contributed by atoms with Crippen molar-refractivity contribution in [1.29, 1.82) is 0 Å². The fourth-order valence-corrected chi connectivity index (χ4v) is 1.37. The van der Waals surface area contributed by atoms with Crippen molar-refractivity contribution in [3.63, 3.8) is 0 Å². The quantitative estimate of drug-likeness (QED) is 0.332. The summed E-state index contributed by atoms with van der Waals surface area (Å²) in [5.41, 5.74) is 0.717. The fraction of sp³-hybridized carbons (Fsp3) is 0.600. The molecule has 0 N–H and O–H groups in total. The summed E-state index contributed by atoms with van der Waals surface area (Å²) in [5.74, 6) is 0. The topological polar surface area (TPSA) is 18.5 Å². The minimum atomic E-state index is -4.89. The van der Waals surface area contributed by atoms with Crippen molar-refractivity contribution >= 4 is 31.9 Å². The zero-order valence-electron chi connectivity index (χ0n) is 10.1. The van der Waals surface area contributed by atoms with Gasteiger partial charge in [0, 0.05) is 10.7 Å². The van der Waals surface area contributed by atoms with Gasteiger partial charge in [0.15, 0.2) is 0 Å². The third-order valence-electron chi connectivity index (χ3n) is 1.26. The predicted octanol–water partition coefficient (Wildman–Crippen LogP) is 4.95. The lowest BCUT2D eigenvalue weighted by Gasteiger charge is -2.11. The van der Waals surface area contributed by atoms with E-state index in [9.17, 15) is 26.3 Å². The van der Waals surface area contributed by atoms with E-state index in [1.165, 1.54) is 5.57 Å². The molecule has 0 aliphatic rings. The first-order chi connectivity index (χ1) is 8.91. The Morgan fingerprint density at radius 2 is 1.05 bits per heavy atom. The van der Waals surface area contributed by atoms with Gasteiger partial charge < -0.3 is 0 Å². The highest BCUT2D eigenvalue weighted by molar-refractivity contribution is 9.10. The first kappa shape index (κ1) is 22.2. The maximum atomic E-state index is 11.4. The minimum absolute atomic E-state index is 0.459. The van der Waals surface area contributed by atoms with Gasteiger partial charge in [-0.15, -0.1) is 26.3 Å². The monoisotopic (exact) mass is 436 g/mol. The molecule has 20 heavy (non-hydrogen) atoms. The molecule has 0 aromatic rings. The van der Waals surface area contributed by atoms with Crippen molar-refractivity contribution in [1.82, 2.24) is 0 Å². The number of allylic oxidation sites excluding steroid dienone is 1. The Labute approximate surface area is 129 Å². The van der Waals surface area contributed by atoms with Crippen molar-refractivity contribution in [2.75, 3.05) is 23.9 Å². The average molecular weight is 438 g/mol. The number of ether oxygens (including phenoxy) is 2. The van der Waals surface area contributed by atoms with Gasteiger partial charge in [-0.2, -0.15) is 0 Å². The summed E-state index contributed by atoms with van der Waals surface area (Å²) >= 11 is 6.49. The van der Waals surface area contributed by atoms with Crippen LogP contribution < -0.4 is 0 Å². The zero-order chi connectivity index (χ0) is 16.4.